The molecule has 23 heavy (non-hydrogen) atoms. The Morgan fingerprint density at radius 2 is 1.91 bits per heavy atom. The van der Waals surface area contributed by atoms with Crippen LogP contribution in [0.1, 0.15) is 36.0 Å². The third-order valence-corrected chi connectivity index (χ3v) is 5.48. The van der Waals surface area contributed by atoms with Gasteiger partial charge in [0.15, 0.2) is 0 Å². The Balaban J connectivity index is 1.81. The van der Waals surface area contributed by atoms with Crippen molar-refractivity contribution < 1.29 is 13.2 Å². The molecular formula is C17H26N2O3S. The number of nitrogens with zero attached hydrogens (tertiary/aromatic N) is 1. The summed E-state index contributed by atoms with van der Waals surface area (Å²) in [6, 6.07) is 6.31. The van der Waals surface area contributed by atoms with Gasteiger partial charge in [-0.2, -0.15) is 0 Å². The topological polar surface area (TPSA) is 80.5 Å². The predicted molar refractivity (Wildman–Crippen MR) is 91.5 cm³/mol. The molecule has 1 heterocycles. The number of carbonyl (C=O) groups excluding carboxylic acids is 1. The summed E-state index contributed by atoms with van der Waals surface area (Å²) >= 11 is 0. The van der Waals surface area contributed by atoms with Gasteiger partial charge in [-0.05, 0) is 50.2 Å². The molecule has 0 saturated carbocycles. The second-order valence-electron chi connectivity index (χ2n) is 6.58. The van der Waals surface area contributed by atoms with Gasteiger partial charge in [-0.3, -0.25) is 4.79 Å². The van der Waals surface area contributed by atoms with Crippen LogP contribution in [0.25, 0.3) is 0 Å². The summed E-state index contributed by atoms with van der Waals surface area (Å²) in [4.78, 5) is 14.2. The summed E-state index contributed by atoms with van der Waals surface area (Å²) in [6.45, 7) is 5.40. The number of piperidine rings is 1. The van der Waals surface area contributed by atoms with Crippen LogP contribution in [0.5, 0.6) is 0 Å². The Bertz CT molecular complexity index is 662. The lowest BCUT2D eigenvalue weighted by molar-refractivity contribution is -0.132. The van der Waals surface area contributed by atoms with E-state index in [0.29, 0.717) is 32.4 Å². The highest BCUT2D eigenvalue weighted by molar-refractivity contribution is 7.89. The number of hydrogen-bond donors (Lipinski definition) is 1. The standard InChI is InChI=1S/C17H26N2O3S/c1-13-3-4-16(14(2)11-13)5-6-17(20)19-9-7-15(8-10-19)12-23(18,21)22/h3-4,11,15H,5-10,12H2,1-2H3,(H2,18,21,22). The number of carbonyl (C=O) groups is 1. The first-order chi connectivity index (χ1) is 10.7. The molecule has 1 aliphatic heterocycles. The van der Waals surface area contributed by atoms with Crippen LogP contribution in [-0.4, -0.2) is 38.1 Å². The number of sulfonamides is 1. The fourth-order valence-electron chi connectivity index (χ4n) is 3.20. The number of benzene rings is 1. The van der Waals surface area contributed by atoms with Gasteiger partial charge in [0, 0.05) is 19.5 Å². The van der Waals surface area contributed by atoms with E-state index in [9.17, 15) is 13.2 Å². The molecule has 1 fully saturated rings. The van der Waals surface area contributed by atoms with Gasteiger partial charge >= 0.3 is 0 Å². The molecule has 0 unspecified atom stereocenters. The van der Waals surface area contributed by atoms with Gasteiger partial charge in [0.1, 0.15) is 0 Å². The second-order valence-corrected chi connectivity index (χ2v) is 8.24. The Hall–Kier alpha value is -1.40. The molecule has 0 aliphatic carbocycles. The molecule has 6 heteroatoms. The van der Waals surface area contributed by atoms with Gasteiger partial charge in [0.2, 0.25) is 15.9 Å². The molecule has 1 aromatic rings. The molecule has 1 aromatic carbocycles. The van der Waals surface area contributed by atoms with Gasteiger partial charge < -0.3 is 4.90 Å². The lowest BCUT2D eigenvalue weighted by Gasteiger charge is -2.31. The van der Waals surface area contributed by atoms with Crippen LogP contribution < -0.4 is 5.14 Å². The zero-order valence-electron chi connectivity index (χ0n) is 13.9. The molecular weight excluding hydrogens is 312 g/mol. The third kappa shape index (κ3) is 5.62. The molecule has 0 spiro atoms. The Labute approximate surface area is 138 Å². The monoisotopic (exact) mass is 338 g/mol. The van der Waals surface area contributed by atoms with E-state index >= 15 is 0 Å². The van der Waals surface area contributed by atoms with Crippen molar-refractivity contribution in [1.82, 2.24) is 4.90 Å². The van der Waals surface area contributed by atoms with Crippen molar-refractivity contribution in [3.63, 3.8) is 0 Å². The average Bonchev–Trinajstić information content (AvgIpc) is 2.45. The molecule has 0 atom stereocenters. The lowest BCUT2D eigenvalue weighted by atomic mass is 9.97. The molecule has 1 saturated heterocycles. The summed E-state index contributed by atoms with van der Waals surface area (Å²) in [5, 5.41) is 5.09. The van der Waals surface area contributed by atoms with E-state index in [-0.39, 0.29) is 17.6 Å². The summed E-state index contributed by atoms with van der Waals surface area (Å²) in [5.74, 6) is 0.254. The summed E-state index contributed by atoms with van der Waals surface area (Å²) < 4.78 is 22.3. The van der Waals surface area contributed by atoms with Gasteiger partial charge in [0.05, 0.1) is 5.75 Å². The number of hydrogen-bond acceptors (Lipinski definition) is 3. The van der Waals surface area contributed by atoms with E-state index in [0.717, 1.165) is 6.42 Å². The molecule has 0 radical (unpaired) electrons. The highest BCUT2D eigenvalue weighted by atomic mass is 32.2. The number of rotatable bonds is 5. The first-order valence-electron chi connectivity index (χ1n) is 8.09. The minimum atomic E-state index is -3.42. The zero-order chi connectivity index (χ0) is 17.0. The molecule has 0 bridgehead atoms. The van der Waals surface area contributed by atoms with Crippen molar-refractivity contribution in [3.8, 4) is 0 Å². The van der Waals surface area contributed by atoms with Crippen LogP contribution in [0.3, 0.4) is 0 Å². The van der Waals surface area contributed by atoms with Crippen molar-refractivity contribution >= 4 is 15.9 Å². The first-order valence-corrected chi connectivity index (χ1v) is 9.80. The molecule has 2 rings (SSSR count). The van der Waals surface area contributed by atoms with E-state index in [1.54, 1.807) is 0 Å². The Morgan fingerprint density at radius 1 is 1.26 bits per heavy atom. The number of primary sulfonamides is 1. The number of likely N-dealkylation sites (tertiary alicyclic amines) is 1. The van der Waals surface area contributed by atoms with Crippen LogP contribution in [0.15, 0.2) is 18.2 Å². The van der Waals surface area contributed by atoms with E-state index < -0.39 is 10.0 Å². The maximum absolute atomic E-state index is 12.3. The van der Waals surface area contributed by atoms with Crippen LogP contribution in [0.2, 0.25) is 0 Å². The predicted octanol–water partition coefficient (Wildman–Crippen LogP) is 1.76. The van der Waals surface area contributed by atoms with E-state index in [4.69, 9.17) is 5.14 Å². The minimum absolute atomic E-state index is 0.0254. The Morgan fingerprint density at radius 3 is 2.48 bits per heavy atom. The third-order valence-electron chi connectivity index (χ3n) is 4.54. The van der Waals surface area contributed by atoms with Crippen molar-refractivity contribution in [3.05, 3.63) is 34.9 Å². The normalized spacial score (nSPS) is 16.6. The summed E-state index contributed by atoms with van der Waals surface area (Å²) in [6.07, 6.45) is 2.68. The highest BCUT2D eigenvalue weighted by Gasteiger charge is 2.25. The molecule has 1 amide bonds. The lowest BCUT2D eigenvalue weighted by Crippen LogP contribution is -2.40. The van der Waals surface area contributed by atoms with Crippen LogP contribution >= 0.6 is 0 Å². The van der Waals surface area contributed by atoms with Gasteiger partial charge in [0.25, 0.3) is 0 Å². The second kappa shape index (κ2) is 7.45. The first kappa shape index (κ1) is 17.9. The maximum Gasteiger partial charge on any atom is 0.222 e. The smallest absolute Gasteiger partial charge is 0.222 e. The van der Waals surface area contributed by atoms with Gasteiger partial charge in [-0.1, -0.05) is 23.8 Å². The van der Waals surface area contributed by atoms with Crippen molar-refractivity contribution in [2.45, 2.75) is 39.5 Å². The van der Waals surface area contributed by atoms with E-state index in [1.165, 1.54) is 16.7 Å². The summed E-state index contributed by atoms with van der Waals surface area (Å²) in [5.41, 5.74) is 3.67. The quantitative estimate of drug-likeness (QED) is 0.888. The molecule has 5 nitrogen and oxygen atoms in total. The van der Waals surface area contributed by atoms with Crippen LogP contribution in [0.4, 0.5) is 0 Å². The van der Waals surface area contributed by atoms with Crippen LogP contribution in [0, 0.1) is 19.8 Å². The van der Waals surface area contributed by atoms with Gasteiger partial charge in [-0.15, -0.1) is 0 Å². The van der Waals surface area contributed by atoms with Crippen molar-refractivity contribution in [2.75, 3.05) is 18.8 Å². The van der Waals surface area contributed by atoms with Crippen molar-refractivity contribution in [1.29, 1.82) is 0 Å². The van der Waals surface area contributed by atoms with Gasteiger partial charge in [-0.25, -0.2) is 13.6 Å². The van der Waals surface area contributed by atoms with Crippen molar-refractivity contribution in [2.24, 2.45) is 11.1 Å². The number of aryl methyl sites for hydroxylation is 3. The molecule has 2 N–H and O–H groups in total. The van der Waals surface area contributed by atoms with E-state index in [1.807, 2.05) is 4.90 Å². The number of nitrogens with two attached hydrogens (primary N) is 1. The fraction of sp³-hybridized carbons (Fsp3) is 0.588. The largest absolute Gasteiger partial charge is 0.343 e. The number of amides is 1. The van der Waals surface area contributed by atoms with E-state index in [2.05, 4.69) is 32.0 Å². The summed E-state index contributed by atoms with van der Waals surface area (Å²) in [7, 11) is -3.42. The molecule has 0 aromatic heterocycles. The molecule has 1 aliphatic rings. The SMILES string of the molecule is Cc1ccc(CCC(=O)N2CCC(CS(N)(=O)=O)CC2)c(C)c1. The highest BCUT2D eigenvalue weighted by Crippen LogP contribution is 2.20. The maximum atomic E-state index is 12.3. The minimum Gasteiger partial charge on any atom is -0.343 e. The average molecular weight is 338 g/mol. The zero-order valence-corrected chi connectivity index (χ0v) is 14.7. The fourth-order valence-corrected chi connectivity index (χ4v) is 4.19. The Kier molecular flexibility index (Phi) is 5.81. The van der Waals surface area contributed by atoms with Crippen LogP contribution in [-0.2, 0) is 21.2 Å². The molecule has 128 valence electrons.